The fourth-order valence-electron chi connectivity index (χ4n) is 0.787. The summed E-state index contributed by atoms with van der Waals surface area (Å²) in [7, 11) is 2.95. The van der Waals surface area contributed by atoms with Crippen molar-refractivity contribution in [3.05, 3.63) is 0 Å². The molecule has 0 saturated carbocycles. The van der Waals surface area contributed by atoms with Crippen molar-refractivity contribution in [2.75, 3.05) is 53.6 Å². The molecule has 2 amide bonds. The van der Waals surface area contributed by atoms with Crippen molar-refractivity contribution in [1.29, 1.82) is 0 Å². The summed E-state index contributed by atoms with van der Waals surface area (Å²) in [5.74, 6) is -0.245. The normalized spacial score (nSPS) is 9.11. The highest BCUT2D eigenvalue weighted by Gasteiger charge is 1.95. The van der Waals surface area contributed by atoms with Gasteiger partial charge in [-0.1, -0.05) is 0 Å². The summed E-state index contributed by atoms with van der Waals surface area (Å²) in [5.41, 5.74) is 10.2. The van der Waals surface area contributed by atoms with E-state index >= 15 is 0 Å². The number of carbonyl (C=O) groups excluding carboxylic acids is 2. The summed E-state index contributed by atoms with van der Waals surface area (Å²) in [6.07, 6.45) is 0. The molecule has 0 saturated heterocycles. The van der Waals surface area contributed by atoms with E-state index in [1.807, 2.05) is 0 Å². The maximum atomic E-state index is 10.5. The molecule has 6 N–H and O–H groups in total. The van der Waals surface area contributed by atoms with Crippen LogP contribution in [0.2, 0.25) is 0 Å². The lowest BCUT2D eigenvalue weighted by Gasteiger charge is -1.99. The Morgan fingerprint density at radius 3 is 1.44 bits per heavy atom. The van der Waals surface area contributed by atoms with Crippen LogP contribution in [0.5, 0.6) is 0 Å². The van der Waals surface area contributed by atoms with E-state index in [4.69, 9.17) is 11.5 Å². The molecule has 0 bridgehead atoms. The Hall–Kier alpha value is -1.22. The third kappa shape index (κ3) is 17.2. The first-order chi connectivity index (χ1) is 8.62. The highest BCUT2D eigenvalue weighted by molar-refractivity contribution is 5.77. The largest absolute Gasteiger partial charge is 0.375 e. The summed E-state index contributed by atoms with van der Waals surface area (Å²) in [6.45, 7) is 2.19. The van der Waals surface area contributed by atoms with Crippen LogP contribution in [-0.2, 0) is 19.1 Å². The van der Waals surface area contributed by atoms with Gasteiger partial charge in [0.2, 0.25) is 11.8 Å². The second-order valence-electron chi connectivity index (χ2n) is 3.14. The molecule has 0 aromatic rings. The van der Waals surface area contributed by atoms with Crippen LogP contribution in [-0.4, -0.2) is 65.4 Å². The quantitative estimate of drug-likeness (QED) is 0.381. The summed E-state index contributed by atoms with van der Waals surface area (Å²) in [5, 5.41) is 5.09. The first kappa shape index (κ1) is 19.1. The number of methoxy groups -OCH3 is 2. The summed E-state index contributed by atoms with van der Waals surface area (Å²) in [4.78, 5) is 21.0. The number of hydrogen-bond acceptors (Lipinski definition) is 6. The summed E-state index contributed by atoms with van der Waals surface area (Å²) >= 11 is 0. The van der Waals surface area contributed by atoms with E-state index in [2.05, 4.69) is 20.1 Å². The fraction of sp³-hybridized carbons (Fsp3) is 0.800. The van der Waals surface area contributed by atoms with Crippen molar-refractivity contribution in [1.82, 2.24) is 10.6 Å². The third-order valence-electron chi connectivity index (χ3n) is 1.48. The van der Waals surface area contributed by atoms with Crippen molar-refractivity contribution in [3.63, 3.8) is 0 Å². The Labute approximate surface area is 107 Å². The van der Waals surface area contributed by atoms with Crippen molar-refractivity contribution >= 4 is 11.8 Å². The molecular formula is C10H24N4O4. The molecule has 0 aromatic heterocycles. The molecule has 0 fully saturated rings. The lowest BCUT2D eigenvalue weighted by Crippen LogP contribution is -2.31. The van der Waals surface area contributed by atoms with Gasteiger partial charge in [0, 0.05) is 40.4 Å². The summed E-state index contributed by atoms with van der Waals surface area (Å²) in [6, 6.07) is 0. The van der Waals surface area contributed by atoms with Crippen LogP contribution in [0.15, 0.2) is 0 Å². The standard InChI is InChI=1S/2C5H12N2O2/c2*1-9-4-5(8)7-3-2-6/h2*2-4,6H2,1H3,(H,7,8). The molecule has 8 nitrogen and oxygen atoms in total. The van der Waals surface area contributed by atoms with Crippen LogP contribution in [0.3, 0.4) is 0 Å². The molecule has 0 aliphatic rings. The predicted octanol–water partition coefficient (Wildman–Crippen LogP) is -2.58. The Morgan fingerprint density at radius 1 is 0.889 bits per heavy atom. The van der Waals surface area contributed by atoms with Crippen molar-refractivity contribution in [3.8, 4) is 0 Å². The first-order valence-corrected chi connectivity index (χ1v) is 5.53. The Morgan fingerprint density at radius 2 is 1.22 bits per heavy atom. The molecule has 8 heteroatoms. The number of ether oxygens (including phenoxy) is 2. The highest BCUT2D eigenvalue weighted by Crippen LogP contribution is 1.66. The predicted molar refractivity (Wildman–Crippen MR) is 67.9 cm³/mol. The zero-order valence-electron chi connectivity index (χ0n) is 11.0. The smallest absolute Gasteiger partial charge is 0.246 e. The highest BCUT2D eigenvalue weighted by atomic mass is 16.5. The van der Waals surface area contributed by atoms with Crippen LogP contribution in [0.1, 0.15) is 0 Å². The molecule has 0 aromatic carbocycles. The van der Waals surface area contributed by atoms with Gasteiger partial charge in [0.1, 0.15) is 13.2 Å². The van der Waals surface area contributed by atoms with Crippen LogP contribution >= 0.6 is 0 Å². The van der Waals surface area contributed by atoms with Gasteiger partial charge in [-0.25, -0.2) is 0 Å². The van der Waals surface area contributed by atoms with E-state index in [-0.39, 0.29) is 25.0 Å². The second kappa shape index (κ2) is 15.8. The van der Waals surface area contributed by atoms with Gasteiger partial charge in [-0.2, -0.15) is 0 Å². The maximum Gasteiger partial charge on any atom is 0.246 e. The lowest BCUT2D eigenvalue weighted by molar-refractivity contribution is -0.125. The van der Waals surface area contributed by atoms with E-state index in [0.29, 0.717) is 26.2 Å². The number of hydrogen-bond donors (Lipinski definition) is 4. The molecule has 108 valence electrons. The van der Waals surface area contributed by atoms with Crippen LogP contribution in [0, 0.1) is 0 Å². The molecular weight excluding hydrogens is 240 g/mol. The van der Waals surface area contributed by atoms with E-state index < -0.39 is 0 Å². The number of nitrogens with one attached hydrogen (secondary N) is 2. The van der Waals surface area contributed by atoms with Gasteiger partial charge < -0.3 is 31.6 Å². The lowest BCUT2D eigenvalue weighted by atomic mass is 10.6. The van der Waals surface area contributed by atoms with E-state index in [1.54, 1.807) is 0 Å². The van der Waals surface area contributed by atoms with Crippen molar-refractivity contribution < 1.29 is 19.1 Å². The Balaban J connectivity index is 0. The van der Waals surface area contributed by atoms with Gasteiger partial charge in [-0.3, -0.25) is 9.59 Å². The van der Waals surface area contributed by atoms with Gasteiger partial charge in [-0.05, 0) is 0 Å². The zero-order chi connectivity index (χ0) is 14.2. The molecule has 0 aliphatic carbocycles. The molecule has 0 atom stereocenters. The minimum absolute atomic E-state index is 0.111. The third-order valence-corrected chi connectivity index (χ3v) is 1.48. The van der Waals surface area contributed by atoms with Gasteiger partial charge in [-0.15, -0.1) is 0 Å². The zero-order valence-corrected chi connectivity index (χ0v) is 11.0. The molecule has 0 aliphatic heterocycles. The van der Waals surface area contributed by atoms with E-state index in [1.165, 1.54) is 14.2 Å². The van der Waals surface area contributed by atoms with Crippen LogP contribution < -0.4 is 22.1 Å². The molecule has 0 unspecified atom stereocenters. The molecule has 0 rings (SSSR count). The number of nitrogens with two attached hydrogens (primary N) is 2. The Bertz CT molecular complexity index is 192. The number of amides is 2. The minimum atomic E-state index is -0.122. The minimum Gasteiger partial charge on any atom is -0.375 e. The van der Waals surface area contributed by atoms with E-state index in [0.717, 1.165) is 0 Å². The first-order valence-electron chi connectivity index (χ1n) is 5.53. The van der Waals surface area contributed by atoms with Crippen LogP contribution in [0.25, 0.3) is 0 Å². The molecule has 0 spiro atoms. The van der Waals surface area contributed by atoms with E-state index in [9.17, 15) is 9.59 Å². The van der Waals surface area contributed by atoms with Gasteiger partial charge in [0.25, 0.3) is 0 Å². The summed E-state index contributed by atoms with van der Waals surface area (Å²) < 4.78 is 9.10. The second-order valence-corrected chi connectivity index (χ2v) is 3.14. The van der Waals surface area contributed by atoms with Crippen molar-refractivity contribution in [2.45, 2.75) is 0 Å². The average Bonchev–Trinajstić information content (AvgIpc) is 2.35. The average molecular weight is 264 g/mol. The topological polar surface area (TPSA) is 129 Å². The number of carbonyl (C=O) groups is 2. The van der Waals surface area contributed by atoms with Crippen molar-refractivity contribution in [2.24, 2.45) is 11.5 Å². The fourth-order valence-corrected chi connectivity index (χ4v) is 0.787. The SMILES string of the molecule is COCC(=O)NCCN.COCC(=O)NCCN. The van der Waals surface area contributed by atoms with Crippen LogP contribution in [0.4, 0.5) is 0 Å². The van der Waals surface area contributed by atoms with Gasteiger partial charge in [0.15, 0.2) is 0 Å². The number of rotatable bonds is 8. The molecule has 18 heavy (non-hydrogen) atoms. The van der Waals surface area contributed by atoms with Gasteiger partial charge in [0.05, 0.1) is 0 Å². The maximum absolute atomic E-state index is 10.5. The van der Waals surface area contributed by atoms with Gasteiger partial charge >= 0.3 is 0 Å². The molecule has 0 radical (unpaired) electrons. The Kier molecular flexibility index (Phi) is 16.8. The molecule has 0 heterocycles. The monoisotopic (exact) mass is 264 g/mol.